The van der Waals surface area contributed by atoms with Gasteiger partial charge < -0.3 is 26.1 Å². The van der Waals surface area contributed by atoms with Crippen molar-refractivity contribution < 1.29 is 31.7 Å². The zero-order valence-corrected chi connectivity index (χ0v) is 23.9. The number of fused-ring (bicyclic) bond motifs is 1. The first-order chi connectivity index (χ1) is 20.9. The van der Waals surface area contributed by atoms with Gasteiger partial charge in [-0.05, 0) is 62.1 Å². The van der Waals surface area contributed by atoms with Crippen LogP contribution >= 0.6 is 0 Å². The molecule has 12 nitrogen and oxygen atoms in total. The Bertz CT molecular complexity index is 1870. The summed E-state index contributed by atoms with van der Waals surface area (Å²) in [5.41, 5.74) is 5.58. The van der Waals surface area contributed by atoms with Crippen molar-refractivity contribution in [2.24, 2.45) is 5.73 Å². The van der Waals surface area contributed by atoms with Crippen molar-refractivity contribution in [3.05, 3.63) is 76.6 Å². The monoisotopic (exact) mass is 626 g/mol. The number of nitrogens with two attached hydrogens (primary N) is 1. The molecule has 0 radical (unpaired) electrons. The van der Waals surface area contributed by atoms with E-state index >= 15 is 0 Å². The number of anilines is 1. The lowest BCUT2D eigenvalue weighted by molar-refractivity contribution is -0.384. The number of pyridine rings is 1. The Morgan fingerprint density at radius 1 is 1.11 bits per heavy atom. The average molecular weight is 627 g/mol. The third-order valence-corrected chi connectivity index (χ3v) is 9.73. The van der Waals surface area contributed by atoms with Gasteiger partial charge >= 0.3 is 0 Å². The van der Waals surface area contributed by atoms with Gasteiger partial charge in [-0.25, -0.2) is 22.2 Å². The van der Waals surface area contributed by atoms with Crippen LogP contribution in [0.15, 0.2) is 70.7 Å². The highest BCUT2D eigenvalue weighted by molar-refractivity contribution is 7.91. The SMILES string of the molecule is NC(=O)c1cccc(S(=O)(=O)c2ccc(NC3CCC(NC4CC4(F)F)CC3)c([N+](=O)[O-])c2)c1Oc1cnc2[nH]ccc2c1. The van der Waals surface area contributed by atoms with Crippen LogP contribution in [0.1, 0.15) is 42.5 Å². The molecule has 6 rings (SSSR count). The maximum Gasteiger partial charge on any atom is 0.293 e. The molecule has 0 aliphatic heterocycles. The van der Waals surface area contributed by atoms with Crippen LogP contribution in [0, 0.1) is 10.1 Å². The summed E-state index contributed by atoms with van der Waals surface area (Å²) >= 11 is 0. The number of nitrogens with zero attached hydrogens (tertiary/aromatic N) is 2. The number of sulfone groups is 1. The summed E-state index contributed by atoms with van der Waals surface area (Å²) in [5, 5.41) is 18.8. The number of H-pyrrole nitrogens is 1. The van der Waals surface area contributed by atoms with Crippen LogP contribution in [0.2, 0.25) is 0 Å². The summed E-state index contributed by atoms with van der Waals surface area (Å²) in [6.45, 7) is 0. The minimum absolute atomic E-state index is 0.0535. The maximum atomic E-state index is 13.9. The zero-order valence-electron chi connectivity index (χ0n) is 23.1. The number of nitro groups is 1. The van der Waals surface area contributed by atoms with E-state index in [2.05, 4.69) is 20.6 Å². The first kappa shape index (κ1) is 29.4. The lowest BCUT2D eigenvalue weighted by Crippen LogP contribution is -2.39. The fourth-order valence-corrected chi connectivity index (χ4v) is 6.92. The minimum Gasteiger partial charge on any atom is -0.453 e. The van der Waals surface area contributed by atoms with Crippen LogP contribution in [0.3, 0.4) is 0 Å². The van der Waals surface area contributed by atoms with Crippen molar-refractivity contribution in [3.63, 3.8) is 0 Å². The lowest BCUT2D eigenvalue weighted by atomic mass is 9.91. The first-order valence-corrected chi connectivity index (χ1v) is 15.4. The fraction of sp³-hybridized carbons (Fsp3) is 0.310. The molecule has 1 amide bonds. The highest BCUT2D eigenvalue weighted by atomic mass is 32.2. The Hall–Kier alpha value is -4.63. The molecule has 0 saturated heterocycles. The number of amides is 1. The van der Waals surface area contributed by atoms with Crippen molar-refractivity contribution >= 4 is 38.2 Å². The van der Waals surface area contributed by atoms with Gasteiger partial charge in [0.15, 0.2) is 5.75 Å². The highest BCUT2D eigenvalue weighted by Crippen LogP contribution is 2.43. The molecule has 2 fully saturated rings. The topological polar surface area (TPSA) is 182 Å². The number of alkyl halides is 2. The molecule has 2 aromatic carbocycles. The second-order valence-electron chi connectivity index (χ2n) is 11.0. The number of carbonyl (C=O) groups is 1. The molecule has 15 heteroatoms. The Morgan fingerprint density at radius 2 is 1.84 bits per heavy atom. The van der Waals surface area contributed by atoms with Crippen molar-refractivity contribution in [2.45, 2.75) is 65.9 Å². The van der Waals surface area contributed by atoms with Gasteiger partial charge in [-0.2, -0.15) is 0 Å². The van der Waals surface area contributed by atoms with Crippen LogP contribution in [-0.4, -0.2) is 53.3 Å². The van der Waals surface area contributed by atoms with Crippen LogP contribution in [-0.2, 0) is 9.84 Å². The smallest absolute Gasteiger partial charge is 0.293 e. The molecule has 2 heterocycles. The number of para-hydroxylation sites is 1. The molecule has 5 N–H and O–H groups in total. The maximum absolute atomic E-state index is 13.9. The molecule has 0 spiro atoms. The summed E-state index contributed by atoms with van der Waals surface area (Å²) in [5.74, 6) is -3.78. The number of benzene rings is 2. The number of rotatable bonds is 10. The van der Waals surface area contributed by atoms with Gasteiger partial charge in [-0.3, -0.25) is 14.9 Å². The van der Waals surface area contributed by atoms with E-state index in [1.165, 1.54) is 36.5 Å². The van der Waals surface area contributed by atoms with Gasteiger partial charge in [0, 0.05) is 36.2 Å². The number of aromatic nitrogens is 2. The summed E-state index contributed by atoms with van der Waals surface area (Å²) in [7, 11) is -4.47. The second kappa shape index (κ2) is 11.1. The van der Waals surface area contributed by atoms with Gasteiger partial charge in [0.25, 0.3) is 17.5 Å². The van der Waals surface area contributed by atoms with Crippen LogP contribution in [0.4, 0.5) is 20.2 Å². The number of carbonyl (C=O) groups excluding carboxylic acids is 1. The quantitative estimate of drug-likeness (QED) is 0.140. The van der Waals surface area contributed by atoms with Crippen LogP contribution in [0.5, 0.6) is 11.5 Å². The van der Waals surface area contributed by atoms with E-state index in [9.17, 15) is 32.1 Å². The van der Waals surface area contributed by atoms with Crippen LogP contribution in [0.25, 0.3) is 11.0 Å². The number of ether oxygens (including phenoxy) is 1. The molecule has 1 atom stereocenters. The van der Waals surface area contributed by atoms with Gasteiger partial charge in [-0.15, -0.1) is 0 Å². The van der Waals surface area contributed by atoms with Gasteiger partial charge in [0.05, 0.1) is 27.6 Å². The van der Waals surface area contributed by atoms with Crippen molar-refractivity contribution in [1.82, 2.24) is 15.3 Å². The standard InChI is InChI=1S/C29H28F2N6O6S/c30-29(31)14-25(29)36-18-6-4-17(5-7-18)35-22-9-8-20(13-23(22)37(39)40)44(41,42)24-3-1-2-21(27(32)38)26(24)43-19-12-16-10-11-33-28(16)34-15-19/h1-3,8-13,15,17-18,25,35-36H,4-7,14H2,(H2,32,38)(H,33,34). The van der Waals surface area contributed by atoms with Crippen molar-refractivity contribution in [3.8, 4) is 11.5 Å². The number of aromatic amines is 1. The summed E-state index contributed by atoms with van der Waals surface area (Å²) < 4.78 is 60.2. The van der Waals surface area contributed by atoms with E-state index in [1.54, 1.807) is 18.3 Å². The fourth-order valence-electron chi connectivity index (χ4n) is 5.50. The third-order valence-electron chi connectivity index (χ3n) is 7.95. The molecule has 4 aromatic rings. The second-order valence-corrected chi connectivity index (χ2v) is 12.9. The van der Waals surface area contributed by atoms with Gasteiger partial charge in [0.1, 0.15) is 22.0 Å². The lowest BCUT2D eigenvalue weighted by Gasteiger charge is -2.30. The largest absolute Gasteiger partial charge is 0.453 e. The van der Waals surface area contributed by atoms with E-state index in [0.29, 0.717) is 36.7 Å². The van der Waals surface area contributed by atoms with E-state index in [-0.39, 0.29) is 41.3 Å². The number of hydrogen-bond donors (Lipinski definition) is 4. The number of nitrogens with one attached hydrogen (secondary N) is 3. The minimum atomic E-state index is -4.47. The molecule has 44 heavy (non-hydrogen) atoms. The summed E-state index contributed by atoms with van der Waals surface area (Å²) in [6.07, 6.45) is 5.29. The van der Waals surface area contributed by atoms with Crippen LogP contribution < -0.4 is 21.1 Å². The Labute approximate surface area is 250 Å². The van der Waals surface area contributed by atoms with Crippen molar-refractivity contribution in [2.75, 3.05) is 5.32 Å². The molecule has 1 unspecified atom stereocenters. The summed E-state index contributed by atoms with van der Waals surface area (Å²) in [4.78, 5) is 30.0. The predicted octanol–water partition coefficient (Wildman–Crippen LogP) is 4.92. The molecular weight excluding hydrogens is 598 g/mol. The van der Waals surface area contributed by atoms with Crippen molar-refractivity contribution in [1.29, 1.82) is 0 Å². The average Bonchev–Trinajstić information content (AvgIpc) is 3.34. The molecule has 2 aliphatic carbocycles. The molecule has 2 aliphatic rings. The molecule has 2 aromatic heterocycles. The number of hydrogen-bond acceptors (Lipinski definition) is 9. The Morgan fingerprint density at radius 3 is 2.52 bits per heavy atom. The molecular formula is C29H28F2N6O6S. The number of primary amides is 1. The van der Waals surface area contributed by atoms with E-state index in [0.717, 1.165) is 6.07 Å². The Balaban J connectivity index is 1.26. The summed E-state index contributed by atoms with van der Waals surface area (Å²) in [6, 6.07) is 9.71. The van der Waals surface area contributed by atoms with Gasteiger partial charge in [0.2, 0.25) is 9.84 Å². The molecule has 230 valence electrons. The number of halogens is 2. The van der Waals surface area contributed by atoms with Gasteiger partial charge in [-0.1, -0.05) is 6.07 Å². The molecule has 0 bridgehead atoms. The molecule has 2 saturated carbocycles. The number of nitro benzene ring substituents is 1. The predicted molar refractivity (Wildman–Crippen MR) is 156 cm³/mol. The zero-order chi connectivity index (χ0) is 31.2. The first-order valence-electron chi connectivity index (χ1n) is 13.9. The van der Waals surface area contributed by atoms with E-state index in [4.69, 9.17) is 10.5 Å². The van der Waals surface area contributed by atoms with E-state index < -0.39 is 48.1 Å². The third kappa shape index (κ3) is 5.79. The normalized spacial score (nSPS) is 21.1. The highest BCUT2D eigenvalue weighted by Gasteiger charge is 2.57. The van der Waals surface area contributed by atoms with E-state index in [1.807, 2.05) is 0 Å². The Kier molecular flexibility index (Phi) is 7.45.